The summed E-state index contributed by atoms with van der Waals surface area (Å²) in [6, 6.07) is 15.6. The maximum atomic E-state index is 12.3. The van der Waals surface area contributed by atoms with E-state index in [2.05, 4.69) is 38.0 Å². The standard InChI is InChI=1S/C20H19BrN4OS/c1-3-11-25-19(15-7-5-4-6-8-15)23-24-20(25)27-13-18(26)22-16-9-10-17(21)14(2)12-16/h3-10,12H,1,11,13H2,2H3,(H,22,26). The van der Waals surface area contributed by atoms with Crippen molar-refractivity contribution in [2.75, 3.05) is 11.1 Å². The number of carbonyl (C=O) groups excluding carboxylic acids is 1. The first-order valence-electron chi connectivity index (χ1n) is 8.37. The van der Waals surface area contributed by atoms with Crippen molar-refractivity contribution in [3.05, 3.63) is 71.2 Å². The molecule has 5 nitrogen and oxygen atoms in total. The van der Waals surface area contributed by atoms with Crippen molar-refractivity contribution in [2.24, 2.45) is 0 Å². The van der Waals surface area contributed by atoms with E-state index in [1.165, 1.54) is 11.8 Å². The Balaban J connectivity index is 1.70. The van der Waals surface area contributed by atoms with Crippen molar-refractivity contribution in [1.82, 2.24) is 14.8 Å². The molecule has 2 aromatic carbocycles. The van der Waals surface area contributed by atoms with E-state index in [0.29, 0.717) is 11.7 Å². The zero-order valence-corrected chi connectivity index (χ0v) is 17.3. The van der Waals surface area contributed by atoms with Crippen molar-refractivity contribution >= 4 is 39.3 Å². The zero-order valence-electron chi connectivity index (χ0n) is 14.9. The second kappa shape index (κ2) is 9.01. The summed E-state index contributed by atoms with van der Waals surface area (Å²) in [6.07, 6.45) is 1.80. The van der Waals surface area contributed by atoms with Crippen LogP contribution in [0.4, 0.5) is 5.69 Å². The van der Waals surface area contributed by atoms with Gasteiger partial charge in [0.1, 0.15) is 0 Å². The smallest absolute Gasteiger partial charge is 0.234 e. The Morgan fingerprint density at radius 3 is 2.74 bits per heavy atom. The highest BCUT2D eigenvalue weighted by Gasteiger charge is 2.15. The summed E-state index contributed by atoms with van der Waals surface area (Å²) in [6.45, 7) is 6.37. The van der Waals surface area contributed by atoms with E-state index in [9.17, 15) is 4.79 Å². The van der Waals surface area contributed by atoms with Crippen LogP contribution in [0.15, 0.2) is 70.8 Å². The second-order valence-electron chi connectivity index (χ2n) is 5.87. The predicted molar refractivity (Wildman–Crippen MR) is 114 cm³/mol. The SMILES string of the molecule is C=CCn1c(SCC(=O)Nc2ccc(Br)c(C)c2)nnc1-c1ccccc1. The summed E-state index contributed by atoms with van der Waals surface area (Å²) in [7, 11) is 0. The molecule has 1 aromatic heterocycles. The number of halogens is 1. The maximum absolute atomic E-state index is 12.3. The number of amides is 1. The first kappa shape index (κ1) is 19.4. The topological polar surface area (TPSA) is 59.8 Å². The molecule has 0 aliphatic carbocycles. The molecular weight excluding hydrogens is 424 g/mol. The molecule has 0 unspecified atom stereocenters. The number of hydrogen-bond acceptors (Lipinski definition) is 4. The van der Waals surface area contributed by atoms with E-state index in [0.717, 1.165) is 27.1 Å². The average Bonchev–Trinajstić information content (AvgIpc) is 3.07. The van der Waals surface area contributed by atoms with Crippen LogP contribution in [0.1, 0.15) is 5.56 Å². The maximum Gasteiger partial charge on any atom is 0.234 e. The van der Waals surface area contributed by atoms with E-state index in [1.54, 1.807) is 6.08 Å². The van der Waals surface area contributed by atoms with E-state index >= 15 is 0 Å². The molecule has 1 N–H and O–H groups in total. The van der Waals surface area contributed by atoms with Gasteiger partial charge in [0, 0.05) is 22.3 Å². The van der Waals surface area contributed by atoms with Gasteiger partial charge in [-0.05, 0) is 30.7 Å². The van der Waals surface area contributed by atoms with Gasteiger partial charge in [-0.2, -0.15) is 0 Å². The van der Waals surface area contributed by atoms with Crippen molar-refractivity contribution in [3.8, 4) is 11.4 Å². The lowest BCUT2D eigenvalue weighted by molar-refractivity contribution is -0.113. The Morgan fingerprint density at radius 2 is 2.04 bits per heavy atom. The van der Waals surface area contributed by atoms with Crippen LogP contribution in [0.3, 0.4) is 0 Å². The van der Waals surface area contributed by atoms with Crippen LogP contribution in [0.25, 0.3) is 11.4 Å². The summed E-state index contributed by atoms with van der Waals surface area (Å²) in [5.41, 5.74) is 2.83. The Bertz CT molecular complexity index is 956. The number of rotatable bonds is 7. The number of allylic oxidation sites excluding steroid dienone is 1. The first-order valence-corrected chi connectivity index (χ1v) is 10.1. The van der Waals surface area contributed by atoms with Gasteiger partial charge < -0.3 is 5.32 Å². The highest BCUT2D eigenvalue weighted by Crippen LogP contribution is 2.24. The minimum atomic E-state index is -0.0869. The molecule has 1 amide bonds. The summed E-state index contributed by atoms with van der Waals surface area (Å²) in [5, 5.41) is 12.2. The molecule has 0 spiro atoms. The number of aryl methyl sites for hydroxylation is 1. The minimum Gasteiger partial charge on any atom is -0.325 e. The molecule has 7 heteroatoms. The number of nitrogens with one attached hydrogen (secondary N) is 1. The Hall–Kier alpha value is -2.38. The van der Waals surface area contributed by atoms with Gasteiger partial charge in [0.2, 0.25) is 5.91 Å². The van der Waals surface area contributed by atoms with Crippen LogP contribution in [0.2, 0.25) is 0 Å². The molecule has 138 valence electrons. The molecule has 0 atom stereocenters. The van der Waals surface area contributed by atoms with Gasteiger partial charge in [-0.25, -0.2) is 0 Å². The lowest BCUT2D eigenvalue weighted by atomic mass is 10.2. The Labute approximate surface area is 171 Å². The molecule has 3 rings (SSSR count). The van der Waals surface area contributed by atoms with Crippen LogP contribution in [-0.4, -0.2) is 26.4 Å². The molecule has 0 saturated carbocycles. The molecule has 0 bridgehead atoms. The van der Waals surface area contributed by atoms with Crippen molar-refractivity contribution in [1.29, 1.82) is 0 Å². The van der Waals surface area contributed by atoms with E-state index in [-0.39, 0.29) is 11.7 Å². The second-order valence-corrected chi connectivity index (χ2v) is 7.67. The highest BCUT2D eigenvalue weighted by atomic mass is 79.9. The first-order chi connectivity index (χ1) is 13.1. The molecule has 0 saturated heterocycles. The fraction of sp³-hybridized carbons (Fsp3) is 0.150. The third-order valence-electron chi connectivity index (χ3n) is 3.83. The van der Waals surface area contributed by atoms with Gasteiger partial charge >= 0.3 is 0 Å². The number of aromatic nitrogens is 3. The number of benzene rings is 2. The number of anilines is 1. The van der Waals surface area contributed by atoms with Gasteiger partial charge in [-0.15, -0.1) is 16.8 Å². The average molecular weight is 443 g/mol. The summed E-state index contributed by atoms with van der Waals surface area (Å²) in [4.78, 5) is 12.3. The van der Waals surface area contributed by atoms with Crippen molar-refractivity contribution < 1.29 is 4.79 Å². The van der Waals surface area contributed by atoms with Crippen molar-refractivity contribution in [3.63, 3.8) is 0 Å². The Kier molecular flexibility index (Phi) is 6.47. The number of carbonyl (C=O) groups is 1. The van der Waals surface area contributed by atoms with Crippen LogP contribution >= 0.6 is 27.7 Å². The molecule has 0 fully saturated rings. The fourth-order valence-electron chi connectivity index (χ4n) is 2.54. The van der Waals surface area contributed by atoms with Crippen molar-refractivity contribution in [2.45, 2.75) is 18.6 Å². The van der Waals surface area contributed by atoms with E-state index in [1.807, 2.05) is 60.0 Å². The molecular formula is C20H19BrN4OS. The third kappa shape index (κ3) is 4.87. The number of hydrogen-bond donors (Lipinski definition) is 1. The molecule has 0 aliphatic heterocycles. The Morgan fingerprint density at radius 1 is 1.26 bits per heavy atom. The van der Waals surface area contributed by atoms with Crippen LogP contribution in [0, 0.1) is 6.92 Å². The number of thioether (sulfide) groups is 1. The normalized spacial score (nSPS) is 10.6. The van der Waals surface area contributed by atoms with Gasteiger partial charge in [0.25, 0.3) is 0 Å². The van der Waals surface area contributed by atoms with Gasteiger partial charge in [0.15, 0.2) is 11.0 Å². The van der Waals surface area contributed by atoms with E-state index < -0.39 is 0 Å². The molecule has 3 aromatic rings. The summed E-state index contributed by atoms with van der Waals surface area (Å²) < 4.78 is 2.98. The minimum absolute atomic E-state index is 0.0869. The van der Waals surface area contributed by atoms with E-state index in [4.69, 9.17) is 0 Å². The van der Waals surface area contributed by atoms with Gasteiger partial charge in [-0.3, -0.25) is 9.36 Å². The molecule has 0 aliphatic rings. The largest absolute Gasteiger partial charge is 0.325 e. The summed E-state index contributed by atoms with van der Waals surface area (Å²) in [5.74, 6) is 0.928. The lowest BCUT2D eigenvalue weighted by Gasteiger charge is -2.09. The van der Waals surface area contributed by atoms with Crippen LogP contribution in [-0.2, 0) is 11.3 Å². The van der Waals surface area contributed by atoms with Gasteiger partial charge in [-0.1, -0.05) is 64.1 Å². The predicted octanol–water partition coefficient (Wildman–Crippen LogP) is 4.93. The monoisotopic (exact) mass is 442 g/mol. The van der Waals surface area contributed by atoms with Gasteiger partial charge in [0.05, 0.1) is 5.75 Å². The quantitative estimate of drug-likeness (QED) is 0.416. The molecule has 1 heterocycles. The lowest BCUT2D eigenvalue weighted by Crippen LogP contribution is -2.14. The summed E-state index contributed by atoms with van der Waals surface area (Å²) >= 11 is 4.82. The zero-order chi connectivity index (χ0) is 19.2. The highest BCUT2D eigenvalue weighted by molar-refractivity contribution is 9.10. The molecule has 0 radical (unpaired) electrons. The molecule has 27 heavy (non-hydrogen) atoms. The third-order valence-corrected chi connectivity index (χ3v) is 5.69. The fourth-order valence-corrected chi connectivity index (χ4v) is 3.53. The van der Waals surface area contributed by atoms with Crippen LogP contribution < -0.4 is 5.32 Å². The van der Waals surface area contributed by atoms with Crippen LogP contribution in [0.5, 0.6) is 0 Å². The number of nitrogens with zero attached hydrogens (tertiary/aromatic N) is 3.